The van der Waals surface area contributed by atoms with Gasteiger partial charge in [-0.25, -0.2) is 0 Å². The average molecular weight is 352 g/mol. The number of nitrogens with one attached hydrogen (secondary N) is 2. The van der Waals surface area contributed by atoms with Crippen molar-refractivity contribution in [3.05, 3.63) is 59.2 Å². The van der Waals surface area contributed by atoms with Crippen molar-refractivity contribution in [2.75, 3.05) is 10.6 Å². The van der Waals surface area contributed by atoms with Gasteiger partial charge in [0.1, 0.15) is 6.42 Å². The monoisotopic (exact) mass is 352 g/mol. The standard InChI is InChI=1S/C22H28N2O2/c1-14(2)17-9-11-18(12-10-17)23-20(25)13-21(26)24-22-16(5)7-6-8-19(22)15(3)4/h6-12,14-15H,13H2,1-5H3,(H,23,25)(H,24,26). The molecule has 0 atom stereocenters. The van der Waals surface area contributed by atoms with Crippen molar-refractivity contribution in [2.45, 2.75) is 52.9 Å². The molecule has 0 saturated carbocycles. The van der Waals surface area contributed by atoms with Crippen LogP contribution in [-0.2, 0) is 9.59 Å². The number of carbonyl (C=O) groups excluding carboxylic acids is 2. The second-order valence-electron chi connectivity index (χ2n) is 7.24. The molecule has 2 aromatic carbocycles. The van der Waals surface area contributed by atoms with Crippen LogP contribution in [0.15, 0.2) is 42.5 Å². The summed E-state index contributed by atoms with van der Waals surface area (Å²) in [6, 6.07) is 13.6. The lowest BCUT2D eigenvalue weighted by Gasteiger charge is -2.16. The Balaban J connectivity index is 1.99. The largest absolute Gasteiger partial charge is 0.326 e. The van der Waals surface area contributed by atoms with Gasteiger partial charge < -0.3 is 10.6 Å². The number of carbonyl (C=O) groups is 2. The number of rotatable bonds is 6. The van der Waals surface area contributed by atoms with E-state index >= 15 is 0 Å². The molecular weight excluding hydrogens is 324 g/mol. The van der Waals surface area contributed by atoms with Crippen molar-refractivity contribution in [1.29, 1.82) is 0 Å². The van der Waals surface area contributed by atoms with Gasteiger partial charge in [0.05, 0.1) is 0 Å². The second-order valence-corrected chi connectivity index (χ2v) is 7.24. The minimum Gasteiger partial charge on any atom is -0.326 e. The summed E-state index contributed by atoms with van der Waals surface area (Å²) in [5.41, 5.74) is 4.78. The molecule has 2 aromatic rings. The van der Waals surface area contributed by atoms with Crippen LogP contribution in [0.4, 0.5) is 11.4 Å². The van der Waals surface area contributed by atoms with E-state index in [1.54, 1.807) is 0 Å². The van der Waals surface area contributed by atoms with E-state index in [-0.39, 0.29) is 18.2 Å². The Morgan fingerprint density at radius 2 is 1.46 bits per heavy atom. The summed E-state index contributed by atoms with van der Waals surface area (Å²) in [7, 11) is 0. The summed E-state index contributed by atoms with van der Waals surface area (Å²) >= 11 is 0. The molecule has 0 aliphatic rings. The number of para-hydroxylation sites is 1. The minimum atomic E-state index is -0.320. The van der Waals surface area contributed by atoms with E-state index in [1.165, 1.54) is 5.56 Å². The highest BCUT2D eigenvalue weighted by atomic mass is 16.2. The first-order valence-corrected chi connectivity index (χ1v) is 9.07. The van der Waals surface area contributed by atoms with Gasteiger partial charge in [-0.15, -0.1) is 0 Å². The molecule has 2 amide bonds. The highest BCUT2D eigenvalue weighted by molar-refractivity contribution is 6.08. The minimum absolute atomic E-state index is 0.211. The first-order chi connectivity index (χ1) is 12.3. The van der Waals surface area contributed by atoms with Gasteiger partial charge in [0, 0.05) is 11.4 Å². The fourth-order valence-electron chi connectivity index (χ4n) is 2.83. The highest BCUT2D eigenvalue weighted by Gasteiger charge is 2.15. The zero-order chi connectivity index (χ0) is 19.3. The zero-order valence-electron chi connectivity index (χ0n) is 16.2. The van der Waals surface area contributed by atoms with Crippen molar-refractivity contribution in [1.82, 2.24) is 0 Å². The number of aryl methyl sites for hydroxylation is 1. The first-order valence-electron chi connectivity index (χ1n) is 9.07. The van der Waals surface area contributed by atoms with E-state index in [9.17, 15) is 9.59 Å². The highest BCUT2D eigenvalue weighted by Crippen LogP contribution is 2.27. The maximum atomic E-state index is 12.3. The molecular formula is C22H28N2O2. The van der Waals surface area contributed by atoms with Crippen LogP contribution in [-0.4, -0.2) is 11.8 Å². The molecule has 0 aromatic heterocycles. The topological polar surface area (TPSA) is 58.2 Å². The van der Waals surface area contributed by atoms with Crippen molar-refractivity contribution >= 4 is 23.2 Å². The zero-order valence-corrected chi connectivity index (χ0v) is 16.2. The number of hydrogen-bond donors (Lipinski definition) is 2. The molecule has 0 aliphatic heterocycles. The quantitative estimate of drug-likeness (QED) is 0.701. The third-order valence-electron chi connectivity index (χ3n) is 4.37. The predicted molar refractivity (Wildman–Crippen MR) is 108 cm³/mol. The van der Waals surface area contributed by atoms with Crippen LogP contribution in [0, 0.1) is 6.92 Å². The Morgan fingerprint density at radius 1 is 0.846 bits per heavy atom. The lowest BCUT2D eigenvalue weighted by molar-refractivity contribution is -0.123. The number of anilines is 2. The van der Waals surface area contributed by atoms with Gasteiger partial charge in [-0.1, -0.05) is 58.0 Å². The molecule has 0 saturated heterocycles. The van der Waals surface area contributed by atoms with Crippen molar-refractivity contribution < 1.29 is 9.59 Å². The summed E-state index contributed by atoms with van der Waals surface area (Å²) in [6.45, 7) is 10.4. The maximum absolute atomic E-state index is 12.3. The van der Waals surface area contributed by atoms with Crippen LogP contribution in [0.3, 0.4) is 0 Å². The van der Waals surface area contributed by atoms with Crippen LogP contribution in [0.1, 0.15) is 62.6 Å². The Morgan fingerprint density at radius 3 is 2.04 bits per heavy atom. The first kappa shape index (κ1) is 19.7. The molecule has 0 unspecified atom stereocenters. The molecule has 0 fully saturated rings. The second kappa shape index (κ2) is 8.65. The summed E-state index contributed by atoms with van der Waals surface area (Å²) in [5.74, 6) is 0.102. The van der Waals surface area contributed by atoms with Gasteiger partial charge >= 0.3 is 0 Å². The molecule has 0 spiro atoms. The number of benzene rings is 2. The molecule has 4 nitrogen and oxygen atoms in total. The van der Waals surface area contributed by atoms with E-state index in [0.29, 0.717) is 17.5 Å². The maximum Gasteiger partial charge on any atom is 0.233 e. The van der Waals surface area contributed by atoms with Crippen LogP contribution in [0.5, 0.6) is 0 Å². The summed E-state index contributed by atoms with van der Waals surface area (Å²) in [4.78, 5) is 24.5. The van der Waals surface area contributed by atoms with E-state index in [1.807, 2.05) is 49.4 Å². The molecule has 138 valence electrons. The van der Waals surface area contributed by atoms with Gasteiger partial charge in [0.25, 0.3) is 0 Å². The summed E-state index contributed by atoms with van der Waals surface area (Å²) in [6.07, 6.45) is -0.211. The Bertz CT molecular complexity index is 777. The van der Waals surface area contributed by atoms with E-state index in [0.717, 1.165) is 16.8 Å². The average Bonchev–Trinajstić information content (AvgIpc) is 2.56. The normalized spacial score (nSPS) is 10.9. The van der Waals surface area contributed by atoms with Gasteiger partial charge in [-0.2, -0.15) is 0 Å². The smallest absolute Gasteiger partial charge is 0.233 e. The molecule has 0 aliphatic carbocycles. The van der Waals surface area contributed by atoms with E-state index < -0.39 is 0 Å². The molecule has 0 radical (unpaired) electrons. The third kappa shape index (κ3) is 5.19. The van der Waals surface area contributed by atoms with Crippen LogP contribution >= 0.6 is 0 Å². The molecule has 2 rings (SSSR count). The lowest BCUT2D eigenvalue weighted by Crippen LogP contribution is -2.22. The number of amides is 2. The van der Waals surface area contributed by atoms with Gasteiger partial charge in [-0.05, 0) is 47.6 Å². The van der Waals surface area contributed by atoms with Crippen LogP contribution in [0.2, 0.25) is 0 Å². The van der Waals surface area contributed by atoms with E-state index in [4.69, 9.17) is 0 Å². The Hall–Kier alpha value is -2.62. The summed E-state index contributed by atoms with van der Waals surface area (Å²) < 4.78 is 0. The van der Waals surface area contributed by atoms with Crippen molar-refractivity contribution in [3.63, 3.8) is 0 Å². The fraction of sp³-hybridized carbons (Fsp3) is 0.364. The number of hydrogen-bond acceptors (Lipinski definition) is 2. The SMILES string of the molecule is Cc1cccc(C(C)C)c1NC(=O)CC(=O)Nc1ccc(C(C)C)cc1. The van der Waals surface area contributed by atoms with Crippen molar-refractivity contribution in [3.8, 4) is 0 Å². The Labute approximate surface area is 156 Å². The van der Waals surface area contributed by atoms with Gasteiger partial charge in [-0.3, -0.25) is 9.59 Å². The van der Waals surface area contributed by atoms with Crippen LogP contribution < -0.4 is 10.6 Å². The molecule has 2 N–H and O–H groups in total. The fourth-order valence-corrected chi connectivity index (χ4v) is 2.83. The van der Waals surface area contributed by atoms with Crippen LogP contribution in [0.25, 0.3) is 0 Å². The van der Waals surface area contributed by atoms with Crippen molar-refractivity contribution in [2.24, 2.45) is 0 Å². The molecule has 26 heavy (non-hydrogen) atoms. The molecule has 0 heterocycles. The predicted octanol–water partition coefficient (Wildman–Crippen LogP) is 5.21. The molecule has 0 bridgehead atoms. The lowest BCUT2D eigenvalue weighted by atomic mass is 9.98. The van der Waals surface area contributed by atoms with Gasteiger partial charge in [0.15, 0.2) is 0 Å². The summed E-state index contributed by atoms with van der Waals surface area (Å²) in [5, 5.41) is 5.68. The van der Waals surface area contributed by atoms with Gasteiger partial charge in [0.2, 0.25) is 11.8 Å². The van der Waals surface area contributed by atoms with E-state index in [2.05, 4.69) is 38.3 Å². The Kier molecular flexibility index (Phi) is 6.56. The third-order valence-corrected chi connectivity index (χ3v) is 4.37. The molecule has 4 heteroatoms.